The SMILES string of the molecule is COc1ccc(OC)c(NC(=O)C(C)Oc2ccccc2)c1. The van der Waals surface area contributed by atoms with Gasteiger partial charge in [0.05, 0.1) is 19.9 Å². The summed E-state index contributed by atoms with van der Waals surface area (Å²) in [4.78, 5) is 12.3. The van der Waals surface area contributed by atoms with Gasteiger partial charge in [0.2, 0.25) is 0 Å². The molecule has 1 N–H and O–H groups in total. The Morgan fingerprint density at radius 1 is 1.00 bits per heavy atom. The van der Waals surface area contributed by atoms with Crippen LogP contribution in [0.15, 0.2) is 48.5 Å². The Morgan fingerprint density at radius 3 is 2.36 bits per heavy atom. The van der Waals surface area contributed by atoms with E-state index in [1.54, 1.807) is 51.5 Å². The molecule has 116 valence electrons. The average molecular weight is 301 g/mol. The first-order chi connectivity index (χ1) is 10.6. The first kappa shape index (κ1) is 15.7. The molecule has 0 saturated heterocycles. The molecule has 0 aliphatic rings. The van der Waals surface area contributed by atoms with Gasteiger partial charge in [-0.25, -0.2) is 0 Å². The first-order valence-corrected chi connectivity index (χ1v) is 6.88. The molecule has 1 amide bonds. The van der Waals surface area contributed by atoms with Gasteiger partial charge in [-0.15, -0.1) is 0 Å². The lowest BCUT2D eigenvalue weighted by molar-refractivity contribution is -0.122. The van der Waals surface area contributed by atoms with Gasteiger partial charge in [-0.3, -0.25) is 4.79 Å². The van der Waals surface area contributed by atoms with Crippen molar-refractivity contribution in [3.63, 3.8) is 0 Å². The number of carbonyl (C=O) groups is 1. The van der Waals surface area contributed by atoms with Gasteiger partial charge in [-0.2, -0.15) is 0 Å². The van der Waals surface area contributed by atoms with E-state index in [1.165, 1.54) is 0 Å². The summed E-state index contributed by atoms with van der Waals surface area (Å²) in [5.41, 5.74) is 0.537. The molecule has 0 fully saturated rings. The first-order valence-electron chi connectivity index (χ1n) is 6.88. The molecule has 22 heavy (non-hydrogen) atoms. The van der Waals surface area contributed by atoms with Gasteiger partial charge < -0.3 is 19.5 Å². The quantitative estimate of drug-likeness (QED) is 0.890. The van der Waals surface area contributed by atoms with E-state index < -0.39 is 6.10 Å². The maximum Gasteiger partial charge on any atom is 0.265 e. The summed E-state index contributed by atoms with van der Waals surface area (Å²) in [5, 5.41) is 2.79. The van der Waals surface area contributed by atoms with E-state index in [1.807, 2.05) is 18.2 Å². The molecule has 0 aromatic heterocycles. The minimum absolute atomic E-state index is 0.268. The van der Waals surface area contributed by atoms with E-state index in [0.29, 0.717) is 22.9 Å². The summed E-state index contributed by atoms with van der Waals surface area (Å²) in [7, 11) is 3.11. The van der Waals surface area contributed by atoms with Crippen LogP contribution in [0.2, 0.25) is 0 Å². The highest BCUT2D eigenvalue weighted by molar-refractivity contribution is 5.95. The monoisotopic (exact) mass is 301 g/mol. The zero-order chi connectivity index (χ0) is 15.9. The number of carbonyl (C=O) groups excluding carboxylic acids is 1. The van der Waals surface area contributed by atoms with Gasteiger partial charge in [0.25, 0.3) is 5.91 Å². The van der Waals surface area contributed by atoms with Crippen LogP contribution in [0, 0.1) is 0 Å². The molecule has 0 aliphatic heterocycles. The number of nitrogens with one attached hydrogen (secondary N) is 1. The van der Waals surface area contributed by atoms with Crippen LogP contribution < -0.4 is 19.5 Å². The smallest absolute Gasteiger partial charge is 0.265 e. The molecule has 0 spiro atoms. The number of benzene rings is 2. The molecule has 0 saturated carbocycles. The Hall–Kier alpha value is -2.69. The van der Waals surface area contributed by atoms with Crippen molar-refractivity contribution < 1.29 is 19.0 Å². The molecule has 5 heteroatoms. The number of ether oxygens (including phenoxy) is 3. The third kappa shape index (κ3) is 3.91. The third-order valence-electron chi connectivity index (χ3n) is 3.09. The van der Waals surface area contributed by atoms with E-state index in [-0.39, 0.29) is 5.91 Å². The molecule has 2 aromatic carbocycles. The van der Waals surface area contributed by atoms with Gasteiger partial charge in [-0.05, 0) is 31.2 Å². The van der Waals surface area contributed by atoms with Gasteiger partial charge in [0, 0.05) is 6.07 Å². The number of anilines is 1. The Morgan fingerprint density at radius 2 is 1.73 bits per heavy atom. The van der Waals surface area contributed by atoms with Crippen molar-refractivity contribution in [3.8, 4) is 17.2 Å². The van der Waals surface area contributed by atoms with Crippen LogP contribution in [0.1, 0.15) is 6.92 Å². The van der Waals surface area contributed by atoms with Crippen LogP contribution in [0.4, 0.5) is 5.69 Å². The van der Waals surface area contributed by atoms with Crippen LogP contribution in [0.3, 0.4) is 0 Å². The van der Waals surface area contributed by atoms with E-state index in [2.05, 4.69) is 5.32 Å². The lowest BCUT2D eigenvalue weighted by atomic mass is 10.2. The molecule has 5 nitrogen and oxygen atoms in total. The molecule has 1 atom stereocenters. The normalized spacial score (nSPS) is 11.4. The van der Waals surface area contributed by atoms with E-state index in [0.717, 1.165) is 0 Å². The fraction of sp³-hybridized carbons (Fsp3) is 0.235. The second-order valence-corrected chi connectivity index (χ2v) is 4.63. The maximum atomic E-state index is 12.3. The molecule has 1 unspecified atom stereocenters. The van der Waals surface area contributed by atoms with Crippen molar-refractivity contribution in [2.45, 2.75) is 13.0 Å². The minimum atomic E-state index is -0.640. The molecular formula is C17H19NO4. The van der Waals surface area contributed by atoms with Crippen LogP contribution in [0.25, 0.3) is 0 Å². The van der Waals surface area contributed by atoms with Crippen LogP contribution in [-0.4, -0.2) is 26.2 Å². The number of rotatable bonds is 6. The third-order valence-corrected chi connectivity index (χ3v) is 3.09. The zero-order valence-electron chi connectivity index (χ0n) is 12.8. The second kappa shape index (κ2) is 7.36. The minimum Gasteiger partial charge on any atom is -0.497 e. The van der Waals surface area contributed by atoms with Gasteiger partial charge >= 0.3 is 0 Å². The highest BCUT2D eigenvalue weighted by Crippen LogP contribution is 2.29. The molecule has 2 rings (SSSR count). The number of hydrogen-bond acceptors (Lipinski definition) is 4. The van der Waals surface area contributed by atoms with Crippen LogP contribution in [0.5, 0.6) is 17.2 Å². The summed E-state index contributed by atoms with van der Waals surface area (Å²) < 4.78 is 16.0. The van der Waals surface area contributed by atoms with Crippen molar-refractivity contribution in [1.82, 2.24) is 0 Å². The Labute approximate surface area is 129 Å². The largest absolute Gasteiger partial charge is 0.497 e. The predicted octanol–water partition coefficient (Wildman–Crippen LogP) is 3.11. The summed E-state index contributed by atoms with van der Waals surface area (Å²) in [6.07, 6.45) is -0.640. The van der Waals surface area contributed by atoms with Gasteiger partial charge in [-0.1, -0.05) is 18.2 Å². The Balaban J connectivity index is 2.07. The molecule has 0 radical (unpaired) electrons. The van der Waals surface area contributed by atoms with Gasteiger partial charge in [0.15, 0.2) is 6.10 Å². The summed E-state index contributed by atoms with van der Waals surface area (Å²) >= 11 is 0. The van der Waals surface area contributed by atoms with Crippen molar-refractivity contribution >= 4 is 11.6 Å². The topological polar surface area (TPSA) is 56.8 Å². The summed E-state index contributed by atoms with van der Waals surface area (Å²) in [6.45, 7) is 1.69. The molecule has 0 aliphatic carbocycles. The molecule has 2 aromatic rings. The Kier molecular flexibility index (Phi) is 5.25. The Bertz CT molecular complexity index is 628. The maximum absolute atomic E-state index is 12.3. The van der Waals surface area contributed by atoms with E-state index >= 15 is 0 Å². The molecular weight excluding hydrogens is 282 g/mol. The summed E-state index contributed by atoms with van der Waals surface area (Å²) in [5.74, 6) is 1.56. The fourth-order valence-corrected chi connectivity index (χ4v) is 1.90. The number of hydrogen-bond donors (Lipinski definition) is 1. The lowest BCUT2D eigenvalue weighted by Crippen LogP contribution is -2.30. The molecule has 0 bridgehead atoms. The van der Waals surface area contributed by atoms with Gasteiger partial charge in [0.1, 0.15) is 17.2 Å². The van der Waals surface area contributed by atoms with E-state index in [4.69, 9.17) is 14.2 Å². The number of methoxy groups -OCH3 is 2. The number of para-hydroxylation sites is 1. The van der Waals surface area contributed by atoms with Crippen LogP contribution in [-0.2, 0) is 4.79 Å². The molecule has 0 heterocycles. The van der Waals surface area contributed by atoms with Crippen LogP contribution >= 0.6 is 0 Å². The second-order valence-electron chi connectivity index (χ2n) is 4.63. The fourth-order valence-electron chi connectivity index (χ4n) is 1.90. The summed E-state index contributed by atoms with van der Waals surface area (Å²) in [6, 6.07) is 14.4. The highest BCUT2D eigenvalue weighted by Gasteiger charge is 2.17. The average Bonchev–Trinajstić information content (AvgIpc) is 2.55. The highest BCUT2D eigenvalue weighted by atomic mass is 16.5. The van der Waals surface area contributed by atoms with Crippen molar-refractivity contribution in [1.29, 1.82) is 0 Å². The predicted molar refractivity (Wildman–Crippen MR) is 84.7 cm³/mol. The zero-order valence-corrected chi connectivity index (χ0v) is 12.8. The van der Waals surface area contributed by atoms with Crippen molar-refractivity contribution in [3.05, 3.63) is 48.5 Å². The van der Waals surface area contributed by atoms with E-state index in [9.17, 15) is 4.79 Å². The standard InChI is InChI=1S/C17H19NO4/c1-12(22-13-7-5-4-6-8-13)17(19)18-15-11-14(20-2)9-10-16(15)21-3/h4-12H,1-3H3,(H,18,19). The van der Waals surface area contributed by atoms with Crippen molar-refractivity contribution in [2.24, 2.45) is 0 Å². The number of amides is 1. The lowest BCUT2D eigenvalue weighted by Gasteiger charge is -2.16. The van der Waals surface area contributed by atoms with Crippen molar-refractivity contribution in [2.75, 3.05) is 19.5 Å².